The van der Waals surface area contributed by atoms with Crippen LogP contribution in [0.1, 0.15) is 22.3 Å². The van der Waals surface area contributed by atoms with Gasteiger partial charge in [0.1, 0.15) is 45.6 Å². The molecule has 0 atom stereocenters. The SMILES string of the molecule is Cc1cc(C)c(C)c(C)c1.Oc1cccc2c1-c1nc-2nc2[nH]c(nc3nc(nc4[nH]c(n1)c1cccc(O)c41)-c1cccc(O)c1-3)c1cccc(O)c21.[Ar].[Ar].[Ar].[Ar]. The maximum absolute atomic E-state index is 10.9. The maximum atomic E-state index is 10.9. The van der Waals surface area contributed by atoms with Crippen molar-refractivity contribution < 1.29 is 171 Å². The molecule has 12 nitrogen and oxygen atoms in total. The molecule has 5 aromatic carbocycles. The zero-order valence-corrected chi connectivity index (χ0v) is 33.8. The number of aromatic hydroxyl groups is 4. The van der Waals surface area contributed by atoms with E-state index in [-0.39, 0.29) is 209 Å². The number of nitrogens with one attached hydrogen (secondary N) is 2. The minimum Gasteiger partial charge on any atom is -0.507 e. The molecular formula is C42H32Ar4N8O4. The molecule has 0 saturated heterocycles. The van der Waals surface area contributed by atoms with Crippen molar-refractivity contribution in [2.75, 3.05) is 0 Å². The Kier molecular flexibility index (Phi) is 15.1. The van der Waals surface area contributed by atoms with Crippen LogP contribution in [0.3, 0.4) is 0 Å². The predicted molar refractivity (Wildman–Crippen MR) is 208 cm³/mol. The average molecular weight is 873 g/mol. The fraction of sp³-hybridized carbons (Fsp3) is 0.0952. The monoisotopic (exact) mass is 872 g/mol. The molecule has 0 unspecified atom stereocenters. The molecule has 3 aromatic heterocycles. The summed E-state index contributed by atoms with van der Waals surface area (Å²) in [6.45, 7) is 8.63. The van der Waals surface area contributed by atoms with Crippen molar-refractivity contribution in [2.45, 2.75) is 27.7 Å². The number of aromatic nitrogens is 8. The summed E-state index contributed by atoms with van der Waals surface area (Å²) in [6.07, 6.45) is 0. The molecule has 0 fully saturated rings. The van der Waals surface area contributed by atoms with Crippen molar-refractivity contribution in [3.63, 3.8) is 0 Å². The van der Waals surface area contributed by atoms with Crippen LogP contribution >= 0.6 is 0 Å². The largest absolute Gasteiger partial charge is 0.507 e. The zero-order valence-electron chi connectivity index (χ0n) is 31.0. The number of H-pyrrole nitrogens is 2. The molecule has 8 aromatic rings. The van der Waals surface area contributed by atoms with Gasteiger partial charge in [-0.3, -0.25) is 0 Å². The van der Waals surface area contributed by atoms with Gasteiger partial charge in [0.05, 0.1) is 21.9 Å². The van der Waals surface area contributed by atoms with E-state index in [0.717, 1.165) is 0 Å². The van der Waals surface area contributed by atoms with Crippen molar-refractivity contribution in [1.29, 1.82) is 0 Å². The molecule has 6 N–H and O–H groups in total. The molecular weight excluding hydrogens is 840 g/mol. The first-order chi connectivity index (χ1) is 26.0. The van der Waals surface area contributed by atoms with Gasteiger partial charge in [-0.1, -0.05) is 66.2 Å². The first-order valence-electron chi connectivity index (χ1n) is 17.2. The molecule has 2 aliphatic rings. The Bertz CT molecular complexity index is 2880. The minimum atomic E-state index is -0.0360. The smallest absolute Gasteiger partial charge is 0.168 e. The van der Waals surface area contributed by atoms with Gasteiger partial charge in [-0.2, -0.15) is 0 Å². The third-order valence-corrected chi connectivity index (χ3v) is 9.92. The number of hydrogen-bond acceptors (Lipinski definition) is 10. The van der Waals surface area contributed by atoms with E-state index in [0.29, 0.717) is 55.1 Å². The Balaban J connectivity index is 0.000000405. The van der Waals surface area contributed by atoms with Crippen LogP contribution in [-0.2, 0) is 0 Å². The summed E-state index contributed by atoms with van der Waals surface area (Å²) in [6, 6.07) is 24.5. The summed E-state index contributed by atoms with van der Waals surface area (Å²) in [5.41, 5.74) is 8.64. The Morgan fingerprint density at radius 3 is 1.19 bits per heavy atom. The Labute approximate surface area is 451 Å². The van der Waals surface area contributed by atoms with E-state index in [4.69, 9.17) is 29.9 Å². The van der Waals surface area contributed by atoms with Gasteiger partial charge in [0, 0.05) is 173 Å². The molecule has 0 radical (unpaired) electrons. The van der Waals surface area contributed by atoms with E-state index >= 15 is 0 Å². The topological polar surface area (TPSA) is 190 Å². The molecule has 10 rings (SSSR count). The van der Waals surface area contributed by atoms with Crippen molar-refractivity contribution >= 4 is 44.1 Å². The molecule has 0 spiro atoms. The van der Waals surface area contributed by atoms with Crippen LogP contribution in [-0.4, -0.2) is 60.3 Å². The summed E-state index contributed by atoms with van der Waals surface area (Å²) >= 11 is 0. The van der Waals surface area contributed by atoms with Crippen LogP contribution in [0.15, 0.2) is 84.9 Å². The molecule has 296 valence electrons. The Morgan fingerprint density at radius 1 is 0.414 bits per heavy atom. The number of benzene rings is 5. The van der Waals surface area contributed by atoms with Gasteiger partial charge >= 0.3 is 0 Å². The maximum Gasteiger partial charge on any atom is 0.168 e. The van der Waals surface area contributed by atoms with E-state index in [2.05, 4.69) is 49.8 Å². The summed E-state index contributed by atoms with van der Waals surface area (Å²) in [7, 11) is 0. The van der Waals surface area contributed by atoms with E-state index in [1.165, 1.54) is 22.3 Å². The summed E-state index contributed by atoms with van der Waals surface area (Å²) in [5, 5.41) is 45.5. The molecule has 58 heavy (non-hydrogen) atoms. The molecule has 0 saturated carbocycles. The van der Waals surface area contributed by atoms with Crippen molar-refractivity contribution in [3.05, 3.63) is 107 Å². The Hall–Kier alpha value is -2.30. The van der Waals surface area contributed by atoms with Gasteiger partial charge in [0.2, 0.25) is 0 Å². The fourth-order valence-electron chi connectivity index (χ4n) is 7.16. The molecule has 2 aliphatic heterocycles. The van der Waals surface area contributed by atoms with E-state index in [1.807, 2.05) is 0 Å². The second-order valence-electron chi connectivity index (χ2n) is 13.4. The van der Waals surface area contributed by atoms with Crippen LogP contribution in [0.4, 0.5) is 0 Å². The van der Waals surface area contributed by atoms with E-state index in [1.54, 1.807) is 72.8 Å². The van der Waals surface area contributed by atoms with Gasteiger partial charge in [-0.25, -0.2) is 29.9 Å². The van der Waals surface area contributed by atoms with Gasteiger partial charge in [0.15, 0.2) is 23.3 Å². The van der Waals surface area contributed by atoms with Crippen molar-refractivity contribution in [2.24, 2.45) is 0 Å². The third kappa shape index (κ3) is 8.34. The standard InChI is InChI=1S/C32H18N8O4.C10H14.4Ar/c41-17-9-1-5-13-21(17)29-33-25(13)37-30-22-14(6-2-10-18(22)42)27(34-30)39-32-24-16(8-4-12-20(24)44)28(36-32)40-31-23-15(26(35-31)38-29)7-3-11-19(23)43;1-7-5-8(2)10(4)9(3)6-7;;;;/h1-12,41-44H,(H2,33,34,35,36,37,38,39,40);5-6H,1-4H3;;;;. The number of phenolic OH excluding ortho intramolecular Hbond substituents is 4. The average Bonchev–Trinajstić information content (AvgIpc) is 3.88. The fourth-order valence-corrected chi connectivity index (χ4v) is 7.16. The number of phenols is 4. The van der Waals surface area contributed by atoms with Crippen LogP contribution in [0.2, 0.25) is 0 Å². The van der Waals surface area contributed by atoms with E-state index in [9.17, 15) is 20.4 Å². The number of nitrogens with zero attached hydrogens (tertiary/aromatic N) is 6. The normalized spacial score (nSPS) is 10.8. The van der Waals surface area contributed by atoms with Crippen LogP contribution in [0.5, 0.6) is 23.0 Å². The molecule has 8 bridgehead atoms. The second-order valence-corrected chi connectivity index (χ2v) is 13.4. The van der Waals surface area contributed by atoms with Crippen LogP contribution in [0, 0.1) is 179 Å². The number of aromatic amines is 2. The van der Waals surface area contributed by atoms with Gasteiger partial charge in [-0.15, -0.1) is 0 Å². The number of fused-ring (bicyclic) bond motifs is 20. The summed E-state index contributed by atoms with van der Waals surface area (Å²) < 4.78 is 0. The molecule has 0 amide bonds. The zero-order chi connectivity index (χ0) is 37.4. The molecule has 0 aliphatic carbocycles. The first-order valence-corrected chi connectivity index (χ1v) is 17.2. The molecule has 5 heterocycles. The van der Waals surface area contributed by atoms with Crippen molar-refractivity contribution in [1.82, 2.24) is 39.9 Å². The summed E-state index contributed by atoms with van der Waals surface area (Å²) in [5.74, 6) is 0.762. The van der Waals surface area contributed by atoms with Crippen LogP contribution < -0.4 is 0 Å². The predicted octanol–water partition coefficient (Wildman–Crippen LogP) is 8.61. The number of hydrogen-bond donors (Lipinski definition) is 6. The van der Waals surface area contributed by atoms with Gasteiger partial charge < -0.3 is 30.4 Å². The molecule has 16 heteroatoms. The Morgan fingerprint density at radius 2 is 0.776 bits per heavy atom. The van der Waals surface area contributed by atoms with Crippen LogP contribution in [0.25, 0.3) is 89.7 Å². The van der Waals surface area contributed by atoms with Gasteiger partial charge in [0.25, 0.3) is 0 Å². The number of rotatable bonds is 0. The van der Waals surface area contributed by atoms with E-state index < -0.39 is 0 Å². The number of aryl methyl sites for hydroxylation is 3. The third-order valence-electron chi connectivity index (χ3n) is 9.92. The second kappa shape index (κ2) is 18.8. The summed E-state index contributed by atoms with van der Waals surface area (Å²) in [4.78, 5) is 34.9. The van der Waals surface area contributed by atoms with Crippen molar-refractivity contribution in [3.8, 4) is 68.5 Å². The first kappa shape index (κ1) is 46.8. The quantitative estimate of drug-likeness (QED) is 0.0861. The van der Waals surface area contributed by atoms with Gasteiger partial charge in [-0.05, 0) is 68.7 Å². The minimum absolute atomic E-state index is 0.